The lowest BCUT2D eigenvalue weighted by Crippen LogP contribution is -2.26. The van der Waals surface area contributed by atoms with Crippen molar-refractivity contribution in [1.29, 1.82) is 0 Å². The summed E-state index contributed by atoms with van der Waals surface area (Å²) in [6.07, 6.45) is 0. The fourth-order valence-electron chi connectivity index (χ4n) is 2.16. The molecule has 1 aromatic carbocycles. The lowest BCUT2D eigenvalue weighted by Gasteiger charge is -2.19. The number of nitrogens with zero attached hydrogens (tertiary/aromatic N) is 1. The van der Waals surface area contributed by atoms with Crippen LogP contribution in [0.3, 0.4) is 0 Å². The summed E-state index contributed by atoms with van der Waals surface area (Å²) in [7, 11) is -3.31. The number of carbonyl (C=O) groups is 1. The Balaban J connectivity index is 2.51. The second-order valence-corrected chi connectivity index (χ2v) is 6.66. The van der Waals surface area contributed by atoms with Gasteiger partial charge in [0.25, 0.3) is 0 Å². The van der Waals surface area contributed by atoms with Crippen LogP contribution in [0.1, 0.15) is 22.8 Å². The predicted octanol–water partition coefficient (Wildman–Crippen LogP) is 1.48. The van der Waals surface area contributed by atoms with Crippen LogP contribution in [-0.4, -0.2) is 31.8 Å². The summed E-state index contributed by atoms with van der Waals surface area (Å²) in [6, 6.07) is 4.54. The highest BCUT2D eigenvalue weighted by Crippen LogP contribution is 2.30. The first kappa shape index (κ1) is 12.9. The summed E-state index contributed by atoms with van der Waals surface area (Å²) < 4.78 is 25.3. The van der Waals surface area contributed by atoms with E-state index in [-0.39, 0.29) is 17.2 Å². The van der Waals surface area contributed by atoms with Crippen molar-refractivity contribution in [3.05, 3.63) is 29.3 Å². The molecule has 1 aliphatic rings. The van der Waals surface area contributed by atoms with Crippen molar-refractivity contribution in [3.63, 3.8) is 0 Å². The van der Waals surface area contributed by atoms with E-state index in [4.69, 9.17) is 5.11 Å². The molecular formula is C12H15NO4S. The third-order valence-corrected chi connectivity index (χ3v) is 5.04. The van der Waals surface area contributed by atoms with Gasteiger partial charge in [-0.05, 0) is 30.5 Å². The lowest BCUT2D eigenvalue weighted by atomic mass is 10.1. The van der Waals surface area contributed by atoms with Crippen LogP contribution in [0.4, 0.5) is 5.69 Å². The van der Waals surface area contributed by atoms with Gasteiger partial charge in [0.15, 0.2) is 0 Å². The molecule has 1 heterocycles. The van der Waals surface area contributed by atoms with Gasteiger partial charge in [-0.1, -0.05) is 13.0 Å². The first-order chi connectivity index (χ1) is 8.31. The first-order valence-corrected chi connectivity index (χ1v) is 7.26. The van der Waals surface area contributed by atoms with Gasteiger partial charge in [0.2, 0.25) is 10.0 Å². The maximum atomic E-state index is 12.0. The predicted molar refractivity (Wildman–Crippen MR) is 68.4 cm³/mol. The molecule has 0 amide bonds. The summed E-state index contributed by atoms with van der Waals surface area (Å²) in [5, 5.41) is 8.96. The summed E-state index contributed by atoms with van der Waals surface area (Å²) >= 11 is 0. The molecule has 0 aromatic heterocycles. The maximum Gasteiger partial charge on any atom is 0.335 e. The number of aromatic carboxylic acids is 1. The van der Waals surface area contributed by atoms with E-state index < -0.39 is 16.0 Å². The van der Waals surface area contributed by atoms with Crippen LogP contribution in [0, 0.1) is 12.8 Å². The minimum atomic E-state index is -3.31. The SMILES string of the molecule is Cc1ccc(C(=O)O)cc1N1CC(C)CS1(=O)=O. The van der Waals surface area contributed by atoms with Crippen molar-refractivity contribution in [2.75, 3.05) is 16.6 Å². The summed E-state index contributed by atoms with van der Waals surface area (Å²) in [5.41, 5.74) is 1.34. The highest BCUT2D eigenvalue weighted by molar-refractivity contribution is 7.93. The zero-order valence-electron chi connectivity index (χ0n) is 10.3. The van der Waals surface area contributed by atoms with Crippen molar-refractivity contribution in [2.45, 2.75) is 13.8 Å². The topological polar surface area (TPSA) is 74.7 Å². The Morgan fingerprint density at radius 2 is 2.11 bits per heavy atom. The molecule has 6 heteroatoms. The van der Waals surface area contributed by atoms with Gasteiger partial charge in [-0.25, -0.2) is 13.2 Å². The van der Waals surface area contributed by atoms with E-state index in [2.05, 4.69) is 0 Å². The van der Waals surface area contributed by atoms with Gasteiger partial charge >= 0.3 is 5.97 Å². The molecule has 1 fully saturated rings. The molecular weight excluding hydrogens is 254 g/mol. The Morgan fingerprint density at radius 1 is 1.44 bits per heavy atom. The van der Waals surface area contributed by atoms with Crippen molar-refractivity contribution in [1.82, 2.24) is 0 Å². The van der Waals surface area contributed by atoms with Crippen molar-refractivity contribution >= 4 is 21.7 Å². The van der Waals surface area contributed by atoms with Crippen LogP contribution in [0.25, 0.3) is 0 Å². The molecule has 0 saturated carbocycles. The molecule has 0 radical (unpaired) electrons. The van der Waals surface area contributed by atoms with Gasteiger partial charge in [-0.15, -0.1) is 0 Å². The number of anilines is 1. The van der Waals surface area contributed by atoms with Crippen molar-refractivity contribution in [2.24, 2.45) is 5.92 Å². The first-order valence-electron chi connectivity index (χ1n) is 5.65. The van der Waals surface area contributed by atoms with Gasteiger partial charge in [0, 0.05) is 6.54 Å². The fraction of sp³-hybridized carbons (Fsp3) is 0.417. The third-order valence-electron chi connectivity index (χ3n) is 3.03. The summed E-state index contributed by atoms with van der Waals surface area (Å²) in [6.45, 7) is 4.06. The lowest BCUT2D eigenvalue weighted by molar-refractivity contribution is 0.0697. The van der Waals surface area contributed by atoms with Crippen LogP contribution in [0.2, 0.25) is 0 Å². The van der Waals surface area contributed by atoms with Crippen molar-refractivity contribution in [3.8, 4) is 0 Å². The number of hydrogen-bond acceptors (Lipinski definition) is 3. The third kappa shape index (κ3) is 2.20. The van der Waals surface area contributed by atoms with E-state index in [1.54, 1.807) is 13.0 Å². The standard InChI is InChI=1S/C12H15NO4S/c1-8-6-13(18(16,17)7-8)11-5-10(12(14)15)4-3-9(11)2/h3-5,8H,6-7H2,1-2H3,(H,14,15). The average Bonchev–Trinajstić information content (AvgIpc) is 2.52. The van der Waals surface area contributed by atoms with Gasteiger partial charge < -0.3 is 5.11 Å². The maximum absolute atomic E-state index is 12.0. The smallest absolute Gasteiger partial charge is 0.335 e. The Kier molecular flexibility index (Phi) is 3.06. The minimum Gasteiger partial charge on any atom is -0.478 e. The molecule has 18 heavy (non-hydrogen) atoms. The number of carboxylic acids is 1. The molecule has 98 valence electrons. The highest BCUT2D eigenvalue weighted by Gasteiger charge is 2.34. The fourth-order valence-corrected chi connectivity index (χ4v) is 4.14. The molecule has 1 unspecified atom stereocenters. The van der Waals surface area contributed by atoms with E-state index >= 15 is 0 Å². The van der Waals surface area contributed by atoms with Gasteiger partial charge in [-0.2, -0.15) is 0 Å². The summed E-state index contributed by atoms with van der Waals surface area (Å²) in [4.78, 5) is 10.9. The van der Waals surface area contributed by atoms with Gasteiger partial charge in [0.05, 0.1) is 17.0 Å². The zero-order chi connectivity index (χ0) is 13.5. The van der Waals surface area contributed by atoms with Crippen LogP contribution in [0.5, 0.6) is 0 Å². The Labute approximate surface area is 106 Å². The number of rotatable bonds is 2. The molecule has 1 aliphatic heterocycles. The van der Waals surface area contributed by atoms with E-state index in [1.807, 2.05) is 6.92 Å². The highest BCUT2D eigenvalue weighted by atomic mass is 32.2. The molecule has 0 spiro atoms. The van der Waals surface area contributed by atoms with E-state index in [0.29, 0.717) is 12.2 Å². The minimum absolute atomic E-state index is 0.0582. The average molecular weight is 269 g/mol. The van der Waals surface area contributed by atoms with E-state index in [0.717, 1.165) is 5.56 Å². The number of carboxylic acid groups (broad SMARTS) is 1. The van der Waals surface area contributed by atoms with Crippen LogP contribution >= 0.6 is 0 Å². The number of hydrogen-bond donors (Lipinski definition) is 1. The van der Waals surface area contributed by atoms with Crippen LogP contribution in [-0.2, 0) is 10.0 Å². The van der Waals surface area contributed by atoms with Gasteiger partial charge in [-0.3, -0.25) is 4.31 Å². The number of sulfonamides is 1. The number of aryl methyl sites for hydroxylation is 1. The van der Waals surface area contributed by atoms with Crippen molar-refractivity contribution < 1.29 is 18.3 Å². The molecule has 1 N–H and O–H groups in total. The normalized spacial score (nSPS) is 22.1. The molecule has 1 saturated heterocycles. The van der Waals surface area contributed by atoms with Gasteiger partial charge in [0.1, 0.15) is 0 Å². The largest absolute Gasteiger partial charge is 0.478 e. The molecule has 5 nitrogen and oxygen atoms in total. The molecule has 1 aromatic rings. The second kappa shape index (κ2) is 4.28. The number of benzene rings is 1. The summed E-state index contributed by atoms with van der Waals surface area (Å²) in [5.74, 6) is -0.882. The molecule has 1 atom stereocenters. The van der Waals surface area contributed by atoms with E-state index in [9.17, 15) is 13.2 Å². The zero-order valence-corrected chi connectivity index (χ0v) is 11.1. The van der Waals surface area contributed by atoms with Crippen LogP contribution in [0.15, 0.2) is 18.2 Å². The monoisotopic (exact) mass is 269 g/mol. The van der Waals surface area contributed by atoms with Crippen LogP contribution < -0.4 is 4.31 Å². The second-order valence-electron chi connectivity index (χ2n) is 4.72. The Morgan fingerprint density at radius 3 is 2.61 bits per heavy atom. The molecule has 2 rings (SSSR count). The Bertz CT molecular complexity index is 594. The quantitative estimate of drug-likeness (QED) is 0.882. The Hall–Kier alpha value is -1.56. The molecule has 0 aliphatic carbocycles. The van der Waals surface area contributed by atoms with E-state index in [1.165, 1.54) is 16.4 Å². The molecule has 0 bridgehead atoms.